The van der Waals surface area contributed by atoms with Crippen molar-refractivity contribution in [1.29, 1.82) is 0 Å². The number of fused-ring (bicyclic) bond motifs is 1. The van der Waals surface area contributed by atoms with Crippen molar-refractivity contribution in [2.45, 2.75) is 17.6 Å². The third kappa shape index (κ3) is 4.67. The third-order valence-corrected chi connectivity index (χ3v) is 4.18. The van der Waals surface area contributed by atoms with Crippen LogP contribution in [0.1, 0.15) is 15.9 Å². The molecule has 1 aliphatic heterocycles. The fourth-order valence-corrected chi connectivity index (χ4v) is 2.85. The van der Waals surface area contributed by atoms with E-state index in [2.05, 4.69) is 0 Å². The second kappa shape index (κ2) is 7.37. The van der Waals surface area contributed by atoms with Crippen molar-refractivity contribution >= 4 is 17.5 Å². The summed E-state index contributed by atoms with van der Waals surface area (Å²) in [6, 6.07) is 12.7. The summed E-state index contributed by atoms with van der Waals surface area (Å²) in [5.74, 6) is 0.324. The van der Waals surface area contributed by atoms with Gasteiger partial charge in [0.25, 0.3) is 0 Å². The fourth-order valence-electron chi connectivity index (χ4n) is 2.23. The number of ether oxygens (including phenoxy) is 3. The van der Waals surface area contributed by atoms with Crippen LogP contribution in [0.3, 0.4) is 0 Å². The van der Waals surface area contributed by atoms with Gasteiger partial charge >= 0.3 is 5.51 Å². The average Bonchev–Trinajstić information content (AvgIpc) is 3.05. The molecule has 2 aromatic rings. The molecule has 0 aromatic heterocycles. The van der Waals surface area contributed by atoms with Crippen LogP contribution in [0.5, 0.6) is 11.5 Å². The van der Waals surface area contributed by atoms with E-state index in [9.17, 15) is 18.0 Å². The topological polar surface area (TPSA) is 44.8 Å². The van der Waals surface area contributed by atoms with Crippen molar-refractivity contribution in [3.63, 3.8) is 0 Å². The highest BCUT2D eigenvalue weighted by Gasteiger charge is 2.37. The Morgan fingerprint density at radius 1 is 1.12 bits per heavy atom. The Labute approximate surface area is 145 Å². The highest BCUT2D eigenvalue weighted by Crippen LogP contribution is 2.37. The molecular formula is C17H13F3O4S. The van der Waals surface area contributed by atoms with Crippen LogP contribution >= 0.6 is 11.8 Å². The molecule has 1 aliphatic rings. The van der Waals surface area contributed by atoms with Gasteiger partial charge in [0.2, 0.25) is 12.6 Å². The zero-order valence-electron chi connectivity index (χ0n) is 12.8. The van der Waals surface area contributed by atoms with Gasteiger partial charge in [-0.25, -0.2) is 0 Å². The molecule has 8 heteroatoms. The maximum atomic E-state index is 12.8. The van der Waals surface area contributed by atoms with E-state index in [0.717, 1.165) is 0 Å². The molecule has 0 aliphatic carbocycles. The minimum Gasteiger partial charge on any atom is -0.454 e. The summed E-state index contributed by atoms with van der Waals surface area (Å²) in [5, 5.41) is 0. The van der Waals surface area contributed by atoms with Gasteiger partial charge in [-0.1, -0.05) is 36.4 Å². The summed E-state index contributed by atoms with van der Waals surface area (Å²) < 4.78 is 54.0. The zero-order valence-corrected chi connectivity index (χ0v) is 13.6. The second-order valence-corrected chi connectivity index (χ2v) is 6.25. The van der Waals surface area contributed by atoms with E-state index < -0.39 is 28.5 Å². The largest absolute Gasteiger partial charge is 0.454 e. The number of rotatable bonds is 6. The molecule has 0 saturated heterocycles. The van der Waals surface area contributed by atoms with Crippen LogP contribution in [0, 0.1) is 0 Å². The van der Waals surface area contributed by atoms with Crippen molar-refractivity contribution in [1.82, 2.24) is 0 Å². The van der Waals surface area contributed by atoms with Gasteiger partial charge in [0.1, 0.15) is 0 Å². The van der Waals surface area contributed by atoms with Crippen LogP contribution in [0.2, 0.25) is 0 Å². The molecule has 132 valence electrons. The molecule has 0 fully saturated rings. The van der Waals surface area contributed by atoms with E-state index in [1.807, 2.05) is 0 Å². The van der Waals surface area contributed by atoms with E-state index in [1.54, 1.807) is 36.4 Å². The van der Waals surface area contributed by atoms with Crippen LogP contribution < -0.4 is 9.47 Å². The summed E-state index contributed by atoms with van der Waals surface area (Å²) >= 11 is -0.478. The predicted octanol–water partition coefficient (Wildman–Crippen LogP) is 4.39. The van der Waals surface area contributed by atoms with Gasteiger partial charge in [0.05, 0.1) is 6.61 Å². The number of Topliss-reactive ketones (excluding diaryl/α,β-unsaturated/α-hetero) is 1. The highest BCUT2D eigenvalue weighted by atomic mass is 32.2. The lowest BCUT2D eigenvalue weighted by molar-refractivity contribution is -0.0370. The molecule has 0 spiro atoms. The number of halogens is 3. The van der Waals surface area contributed by atoms with Gasteiger partial charge in [-0.2, -0.15) is 13.2 Å². The Kier molecular flexibility index (Phi) is 5.19. The van der Waals surface area contributed by atoms with Crippen LogP contribution in [-0.2, 0) is 11.3 Å². The van der Waals surface area contributed by atoms with Crippen LogP contribution in [0.15, 0.2) is 48.5 Å². The first-order valence-electron chi connectivity index (χ1n) is 7.26. The first-order valence-corrected chi connectivity index (χ1v) is 8.14. The Balaban J connectivity index is 1.72. The smallest absolute Gasteiger partial charge is 0.444 e. The Morgan fingerprint density at radius 2 is 1.84 bits per heavy atom. The summed E-state index contributed by atoms with van der Waals surface area (Å²) in [6.45, 7) is -0.0678. The number of carbonyl (C=O) groups is 1. The zero-order chi connectivity index (χ0) is 17.9. The monoisotopic (exact) mass is 370 g/mol. The molecule has 0 amide bonds. The van der Waals surface area contributed by atoms with Crippen molar-refractivity contribution in [3.8, 4) is 11.5 Å². The van der Waals surface area contributed by atoms with Gasteiger partial charge < -0.3 is 14.2 Å². The standard InChI is InChI=1S/C17H13F3O4S/c18-17(19,20)25-16(15(21)12-4-2-1-3-5-12)22-9-11-6-7-13-14(8-11)24-10-23-13/h1-8,16H,9-10H2/t16-/m1/s1. The Hall–Kier alpha value is -2.19. The molecule has 0 unspecified atom stereocenters. The number of alkyl halides is 3. The van der Waals surface area contributed by atoms with E-state index in [0.29, 0.717) is 17.1 Å². The number of carbonyl (C=O) groups excluding carboxylic acids is 1. The number of hydrogen-bond donors (Lipinski definition) is 0. The molecule has 1 heterocycles. The molecule has 1 atom stereocenters. The van der Waals surface area contributed by atoms with Crippen LogP contribution in [0.25, 0.3) is 0 Å². The molecule has 0 saturated carbocycles. The van der Waals surface area contributed by atoms with Gasteiger partial charge in [0.15, 0.2) is 16.9 Å². The molecule has 3 rings (SSSR count). The normalized spacial score (nSPS) is 14.4. The Morgan fingerprint density at radius 3 is 2.56 bits per heavy atom. The molecule has 0 radical (unpaired) electrons. The first kappa shape index (κ1) is 17.6. The number of benzene rings is 2. The molecule has 4 nitrogen and oxygen atoms in total. The number of thioether (sulfide) groups is 1. The molecule has 25 heavy (non-hydrogen) atoms. The van der Waals surface area contributed by atoms with Crippen LogP contribution in [0.4, 0.5) is 13.2 Å². The van der Waals surface area contributed by atoms with Crippen molar-refractivity contribution in [2.24, 2.45) is 0 Å². The van der Waals surface area contributed by atoms with Gasteiger partial charge in [-0.3, -0.25) is 4.79 Å². The average molecular weight is 370 g/mol. The molecular weight excluding hydrogens is 357 g/mol. The predicted molar refractivity (Wildman–Crippen MR) is 85.6 cm³/mol. The van der Waals surface area contributed by atoms with E-state index in [4.69, 9.17) is 14.2 Å². The minimum atomic E-state index is -4.59. The SMILES string of the molecule is O=C(c1ccccc1)[C@H](OCc1ccc2c(c1)OCO2)SC(F)(F)F. The van der Waals surface area contributed by atoms with Gasteiger partial charge in [-0.15, -0.1) is 0 Å². The van der Waals surface area contributed by atoms with Crippen molar-refractivity contribution in [2.75, 3.05) is 6.79 Å². The summed E-state index contributed by atoms with van der Waals surface area (Å²) in [7, 11) is 0. The lowest BCUT2D eigenvalue weighted by Crippen LogP contribution is -2.25. The van der Waals surface area contributed by atoms with Gasteiger partial charge in [-0.05, 0) is 29.5 Å². The lowest BCUT2D eigenvalue weighted by Gasteiger charge is -2.18. The number of ketones is 1. The molecule has 0 bridgehead atoms. The quantitative estimate of drug-likeness (QED) is 0.557. The fraction of sp³-hybridized carbons (Fsp3) is 0.235. The van der Waals surface area contributed by atoms with Gasteiger partial charge in [0, 0.05) is 5.56 Å². The first-order chi connectivity index (χ1) is 11.9. The third-order valence-electron chi connectivity index (χ3n) is 3.35. The van der Waals surface area contributed by atoms with E-state index >= 15 is 0 Å². The Bertz CT molecular complexity index is 749. The maximum Gasteiger partial charge on any atom is 0.444 e. The van der Waals surface area contributed by atoms with Crippen LogP contribution in [-0.4, -0.2) is 23.5 Å². The maximum absolute atomic E-state index is 12.8. The summed E-state index contributed by atoms with van der Waals surface area (Å²) in [6.07, 6.45) is 0. The second-order valence-electron chi connectivity index (χ2n) is 5.12. The summed E-state index contributed by atoms with van der Waals surface area (Å²) in [4.78, 5) is 12.3. The summed E-state index contributed by atoms with van der Waals surface area (Å²) in [5.41, 5.74) is -5.54. The lowest BCUT2D eigenvalue weighted by atomic mass is 10.1. The van der Waals surface area contributed by atoms with Crippen molar-refractivity contribution in [3.05, 3.63) is 59.7 Å². The van der Waals surface area contributed by atoms with Crippen molar-refractivity contribution < 1.29 is 32.2 Å². The minimum absolute atomic E-state index is 0.0959. The molecule has 2 aromatic carbocycles. The van der Waals surface area contributed by atoms with E-state index in [1.165, 1.54) is 12.1 Å². The highest BCUT2D eigenvalue weighted by molar-refractivity contribution is 8.01. The number of hydrogen-bond acceptors (Lipinski definition) is 5. The molecule has 0 N–H and O–H groups in total. The van der Waals surface area contributed by atoms with E-state index in [-0.39, 0.29) is 19.0 Å².